The lowest BCUT2D eigenvalue weighted by Crippen LogP contribution is -2.27. The number of aromatic nitrogens is 4. The van der Waals surface area contributed by atoms with Gasteiger partial charge in [0.1, 0.15) is 5.52 Å². The van der Waals surface area contributed by atoms with Gasteiger partial charge in [-0.3, -0.25) is 0 Å². The Morgan fingerprint density at radius 2 is 1.83 bits per heavy atom. The number of benzene rings is 1. The highest BCUT2D eigenvalue weighted by Crippen LogP contribution is 2.31. The predicted octanol–water partition coefficient (Wildman–Crippen LogP) is 1.75. The molecule has 0 spiro atoms. The van der Waals surface area contributed by atoms with E-state index in [1.165, 1.54) is 0 Å². The van der Waals surface area contributed by atoms with E-state index in [0.29, 0.717) is 17.5 Å². The first kappa shape index (κ1) is 13.7. The molecule has 3 aromatic rings. The van der Waals surface area contributed by atoms with Crippen LogP contribution in [0, 0.1) is 11.8 Å². The molecular formula is C17H19N7. The van der Waals surface area contributed by atoms with Crippen molar-refractivity contribution in [3.05, 3.63) is 36.7 Å². The van der Waals surface area contributed by atoms with Gasteiger partial charge in [-0.2, -0.15) is 9.97 Å². The SMILES string of the molecule is c1ccc(Nc2nc(N3C[C@H]4CNC[C@H]4C3)nc3nc[nH]c23)cc1. The molecule has 1 aromatic carbocycles. The molecule has 2 atom stereocenters. The van der Waals surface area contributed by atoms with E-state index in [1.807, 2.05) is 30.3 Å². The fraction of sp³-hybridized carbons (Fsp3) is 0.353. The van der Waals surface area contributed by atoms with Crippen LogP contribution in [0.4, 0.5) is 17.5 Å². The van der Waals surface area contributed by atoms with Crippen molar-refractivity contribution in [2.75, 3.05) is 36.4 Å². The van der Waals surface area contributed by atoms with Gasteiger partial charge in [-0.15, -0.1) is 0 Å². The van der Waals surface area contributed by atoms with Crippen molar-refractivity contribution in [1.82, 2.24) is 25.3 Å². The minimum absolute atomic E-state index is 0.702. The van der Waals surface area contributed by atoms with Crippen molar-refractivity contribution in [2.24, 2.45) is 11.8 Å². The van der Waals surface area contributed by atoms with Crippen LogP contribution in [0.5, 0.6) is 0 Å². The maximum absolute atomic E-state index is 4.79. The van der Waals surface area contributed by atoms with Gasteiger partial charge in [0.05, 0.1) is 6.33 Å². The summed E-state index contributed by atoms with van der Waals surface area (Å²) in [5, 5.41) is 6.85. The fourth-order valence-corrected chi connectivity index (χ4v) is 3.73. The third-order valence-electron chi connectivity index (χ3n) is 4.98. The van der Waals surface area contributed by atoms with Crippen molar-refractivity contribution < 1.29 is 0 Å². The lowest BCUT2D eigenvalue weighted by Gasteiger charge is -2.18. The van der Waals surface area contributed by atoms with Crippen molar-refractivity contribution in [3.63, 3.8) is 0 Å². The Bertz CT molecular complexity index is 848. The van der Waals surface area contributed by atoms with Gasteiger partial charge in [0, 0.05) is 31.9 Å². The molecule has 4 heterocycles. The molecule has 0 saturated carbocycles. The summed E-state index contributed by atoms with van der Waals surface area (Å²) in [6, 6.07) is 10.1. The van der Waals surface area contributed by atoms with E-state index >= 15 is 0 Å². The molecule has 122 valence electrons. The summed E-state index contributed by atoms with van der Waals surface area (Å²) in [6.07, 6.45) is 1.67. The number of nitrogens with zero attached hydrogens (tertiary/aromatic N) is 4. The first-order valence-corrected chi connectivity index (χ1v) is 8.36. The molecule has 0 aliphatic carbocycles. The Kier molecular flexibility index (Phi) is 3.12. The number of hydrogen-bond donors (Lipinski definition) is 3. The standard InChI is InChI=1S/C17H19N7/c1-2-4-13(5-3-1)21-16-14-15(20-10-19-14)22-17(23-16)24-8-11-6-18-7-12(11)9-24/h1-5,10-12,18H,6-9H2,(H2,19,20,21,22,23)/t11-,12+. The molecule has 0 bridgehead atoms. The zero-order valence-electron chi connectivity index (χ0n) is 13.2. The second-order valence-electron chi connectivity index (χ2n) is 6.55. The highest BCUT2D eigenvalue weighted by atomic mass is 15.3. The monoisotopic (exact) mass is 321 g/mol. The number of aromatic amines is 1. The van der Waals surface area contributed by atoms with Crippen LogP contribution in [0.2, 0.25) is 0 Å². The number of para-hydroxylation sites is 1. The second-order valence-corrected chi connectivity index (χ2v) is 6.55. The van der Waals surface area contributed by atoms with Crippen LogP contribution in [0.3, 0.4) is 0 Å². The van der Waals surface area contributed by atoms with Gasteiger partial charge in [0.15, 0.2) is 11.5 Å². The van der Waals surface area contributed by atoms with Crippen molar-refractivity contribution in [2.45, 2.75) is 0 Å². The quantitative estimate of drug-likeness (QED) is 0.682. The average Bonchev–Trinajstić information content (AvgIpc) is 3.31. The predicted molar refractivity (Wildman–Crippen MR) is 93.5 cm³/mol. The minimum Gasteiger partial charge on any atom is -0.340 e. The van der Waals surface area contributed by atoms with Gasteiger partial charge >= 0.3 is 0 Å². The van der Waals surface area contributed by atoms with E-state index in [0.717, 1.165) is 49.1 Å². The van der Waals surface area contributed by atoms with Crippen LogP contribution in [-0.4, -0.2) is 46.1 Å². The van der Waals surface area contributed by atoms with Gasteiger partial charge < -0.3 is 20.5 Å². The zero-order valence-corrected chi connectivity index (χ0v) is 13.2. The molecule has 7 nitrogen and oxygen atoms in total. The van der Waals surface area contributed by atoms with Crippen LogP contribution in [-0.2, 0) is 0 Å². The highest BCUT2D eigenvalue weighted by molar-refractivity contribution is 5.86. The minimum atomic E-state index is 0.702. The van der Waals surface area contributed by atoms with E-state index in [9.17, 15) is 0 Å². The number of fused-ring (bicyclic) bond motifs is 2. The van der Waals surface area contributed by atoms with E-state index < -0.39 is 0 Å². The van der Waals surface area contributed by atoms with Crippen molar-refractivity contribution >= 4 is 28.6 Å². The molecule has 0 amide bonds. The Hall–Kier alpha value is -2.67. The second kappa shape index (κ2) is 5.45. The lowest BCUT2D eigenvalue weighted by atomic mass is 10.0. The van der Waals surface area contributed by atoms with Gasteiger partial charge in [0.2, 0.25) is 5.95 Å². The normalized spacial score (nSPS) is 22.9. The number of imidazole rings is 1. The van der Waals surface area contributed by atoms with Crippen molar-refractivity contribution in [3.8, 4) is 0 Å². The molecular weight excluding hydrogens is 302 g/mol. The molecule has 0 unspecified atom stereocenters. The summed E-state index contributed by atoms with van der Waals surface area (Å²) in [4.78, 5) is 19.2. The van der Waals surface area contributed by atoms with Gasteiger partial charge in [0.25, 0.3) is 0 Å². The van der Waals surface area contributed by atoms with Crippen LogP contribution in [0.15, 0.2) is 36.7 Å². The molecule has 5 rings (SSSR count). The van der Waals surface area contributed by atoms with E-state index in [4.69, 9.17) is 4.98 Å². The summed E-state index contributed by atoms with van der Waals surface area (Å²) in [7, 11) is 0. The number of hydrogen-bond acceptors (Lipinski definition) is 6. The zero-order chi connectivity index (χ0) is 15.9. The third kappa shape index (κ3) is 2.28. The summed E-state index contributed by atoms with van der Waals surface area (Å²) in [6.45, 7) is 4.22. The Morgan fingerprint density at radius 1 is 1.04 bits per heavy atom. The maximum atomic E-state index is 4.79. The van der Waals surface area contributed by atoms with Gasteiger partial charge in [-0.05, 0) is 24.0 Å². The maximum Gasteiger partial charge on any atom is 0.229 e. The molecule has 7 heteroatoms. The molecule has 2 aromatic heterocycles. The average molecular weight is 321 g/mol. The van der Waals surface area contributed by atoms with Crippen LogP contribution < -0.4 is 15.5 Å². The topological polar surface area (TPSA) is 81.8 Å². The Morgan fingerprint density at radius 3 is 2.62 bits per heavy atom. The Balaban J connectivity index is 1.51. The van der Waals surface area contributed by atoms with Crippen LogP contribution in [0.25, 0.3) is 11.2 Å². The fourth-order valence-electron chi connectivity index (χ4n) is 3.73. The third-order valence-corrected chi connectivity index (χ3v) is 4.98. The molecule has 2 fully saturated rings. The first-order valence-electron chi connectivity index (χ1n) is 8.36. The largest absolute Gasteiger partial charge is 0.340 e. The molecule has 2 saturated heterocycles. The summed E-state index contributed by atoms with van der Waals surface area (Å²) < 4.78 is 0. The van der Waals surface area contributed by atoms with E-state index in [2.05, 4.69) is 30.5 Å². The van der Waals surface area contributed by atoms with Crippen molar-refractivity contribution in [1.29, 1.82) is 0 Å². The van der Waals surface area contributed by atoms with E-state index in [1.54, 1.807) is 6.33 Å². The Labute approximate surface area is 139 Å². The number of H-pyrrole nitrogens is 1. The molecule has 2 aliphatic heterocycles. The molecule has 2 aliphatic rings. The summed E-state index contributed by atoms with van der Waals surface area (Å²) in [5.74, 6) is 2.94. The lowest BCUT2D eigenvalue weighted by molar-refractivity contribution is 0.533. The molecule has 24 heavy (non-hydrogen) atoms. The van der Waals surface area contributed by atoms with Gasteiger partial charge in [-0.1, -0.05) is 18.2 Å². The first-order chi connectivity index (χ1) is 11.9. The number of anilines is 3. The summed E-state index contributed by atoms with van der Waals surface area (Å²) >= 11 is 0. The van der Waals surface area contributed by atoms with Crippen LogP contribution in [0.1, 0.15) is 0 Å². The highest BCUT2D eigenvalue weighted by Gasteiger charge is 2.37. The smallest absolute Gasteiger partial charge is 0.229 e. The summed E-state index contributed by atoms with van der Waals surface area (Å²) in [5.41, 5.74) is 2.54. The number of nitrogens with one attached hydrogen (secondary N) is 3. The number of rotatable bonds is 3. The van der Waals surface area contributed by atoms with E-state index in [-0.39, 0.29) is 0 Å². The van der Waals surface area contributed by atoms with Gasteiger partial charge in [-0.25, -0.2) is 4.98 Å². The molecule has 3 N–H and O–H groups in total. The van der Waals surface area contributed by atoms with Crippen LogP contribution >= 0.6 is 0 Å². The molecule has 0 radical (unpaired) electrons.